The highest BCUT2D eigenvalue weighted by Crippen LogP contribution is 2.28. The van der Waals surface area contributed by atoms with Crippen LogP contribution in [0.2, 0.25) is 0 Å². The molecule has 0 saturated heterocycles. The second-order valence-corrected chi connectivity index (χ2v) is 6.32. The van der Waals surface area contributed by atoms with Crippen LogP contribution in [-0.2, 0) is 6.54 Å². The lowest BCUT2D eigenvalue weighted by Gasteiger charge is -2.31. The lowest BCUT2D eigenvalue weighted by molar-refractivity contribution is -0.00496. The Balaban J connectivity index is 1.96. The third-order valence-electron chi connectivity index (χ3n) is 4.22. The smallest absolute Gasteiger partial charge is 0.335 e. The number of hydrogen-bond donors (Lipinski definition) is 2. The zero-order chi connectivity index (χ0) is 15.3. The van der Waals surface area contributed by atoms with Crippen molar-refractivity contribution in [1.29, 1.82) is 0 Å². The number of hydrogen-bond acceptors (Lipinski definition) is 3. The highest BCUT2D eigenvalue weighted by molar-refractivity contribution is 5.87. The minimum Gasteiger partial charge on any atom is -0.478 e. The molecule has 21 heavy (non-hydrogen) atoms. The topological polar surface area (TPSA) is 60.8 Å². The molecule has 1 fully saturated rings. The van der Waals surface area contributed by atoms with Gasteiger partial charge >= 0.3 is 5.97 Å². The van der Waals surface area contributed by atoms with Crippen LogP contribution in [-0.4, -0.2) is 40.3 Å². The van der Waals surface area contributed by atoms with Crippen LogP contribution >= 0.6 is 0 Å². The monoisotopic (exact) mass is 291 g/mol. The van der Waals surface area contributed by atoms with Gasteiger partial charge in [-0.3, -0.25) is 4.90 Å². The molecule has 0 atom stereocenters. The van der Waals surface area contributed by atoms with Crippen molar-refractivity contribution < 1.29 is 15.0 Å². The van der Waals surface area contributed by atoms with Crippen LogP contribution in [0.3, 0.4) is 0 Å². The maximum absolute atomic E-state index is 11.0. The summed E-state index contributed by atoms with van der Waals surface area (Å²) in [6.07, 6.45) is 6.36. The van der Waals surface area contributed by atoms with E-state index in [1.807, 2.05) is 13.1 Å². The summed E-state index contributed by atoms with van der Waals surface area (Å²) in [5.41, 5.74) is 0.694. The van der Waals surface area contributed by atoms with Gasteiger partial charge in [-0.25, -0.2) is 4.79 Å². The van der Waals surface area contributed by atoms with E-state index in [1.54, 1.807) is 18.2 Å². The van der Waals surface area contributed by atoms with E-state index in [4.69, 9.17) is 5.11 Å². The summed E-state index contributed by atoms with van der Waals surface area (Å²) in [4.78, 5) is 13.1. The number of likely N-dealkylation sites (N-methyl/N-ethyl adjacent to an activating group) is 1. The average Bonchev–Trinajstić information content (AvgIpc) is 2.63. The van der Waals surface area contributed by atoms with Gasteiger partial charge in [0.15, 0.2) is 0 Å². The Hall–Kier alpha value is -1.39. The predicted molar refractivity (Wildman–Crippen MR) is 82.4 cm³/mol. The molecule has 1 aromatic rings. The van der Waals surface area contributed by atoms with Crippen LogP contribution < -0.4 is 0 Å². The van der Waals surface area contributed by atoms with Crippen molar-refractivity contribution in [2.45, 2.75) is 50.7 Å². The van der Waals surface area contributed by atoms with Crippen LogP contribution in [0, 0.1) is 0 Å². The van der Waals surface area contributed by atoms with Crippen molar-refractivity contribution >= 4 is 5.97 Å². The number of aliphatic hydroxyl groups is 1. The van der Waals surface area contributed by atoms with Crippen molar-refractivity contribution in [2.75, 3.05) is 13.6 Å². The van der Waals surface area contributed by atoms with E-state index in [1.165, 1.54) is 12.8 Å². The molecular weight excluding hydrogens is 266 g/mol. The van der Waals surface area contributed by atoms with E-state index in [9.17, 15) is 9.90 Å². The SMILES string of the molecule is CN(Cc1cccc(C(=O)O)c1)CC1(O)CCCCCC1. The maximum atomic E-state index is 11.0. The highest BCUT2D eigenvalue weighted by atomic mass is 16.4. The summed E-state index contributed by atoms with van der Waals surface area (Å²) in [5, 5.41) is 19.7. The van der Waals surface area contributed by atoms with Crippen LogP contribution in [0.1, 0.15) is 54.4 Å². The van der Waals surface area contributed by atoms with E-state index < -0.39 is 11.6 Å². The Morgan fingerprint density at radius 2 is 1.90 bits per heavy atom. The summed E-state index contributed by atoms with van der Waals surface area (Å²) < 4.78 is 0. The summed E-state index contributed by atoms with van der Waals surface area (Å²) in [7, 11) is 1.98. The summed E-state index contributed by atoms with van der Waals surface area (Å²) in [5.74, 6) is -0.901. The first-order valence-electron chi connectivity index (χ1n) is 7.72. The lowest BCUT2D eigenvalue weighted by Crippen LogP contribution is -2.40. The zero-order valence-electron chi connectivity index (χ0n) is 12.7. The van der Waals surface area contributed by atoms with Crippen molar-refractivity contribution in [1.82, 2.24) is 4.90 Å². The summed E-state index contributed by atoms with van der Waals surface area (Å²) >= 11 is 0. The first-order valence-corrected chi connectivity index (χ1v) is 7.72. The minimum absolute atomic E-state index is 0.314. The van der Waals surface area contributed by atoms with Gasteiger partial charge in [0.1, 0.15) is 0 Å². The first-order chi connectivity index (χ1) is 9.98. The number of carbonyl (C=O) groups is 1. The molecule has 0 radical (unpaired) electrons. The van der Waals surface area contributed by atoms with Gasteiger partial charge in [0, 0.05) is 13.1 Å². The molecule has 1 saturated carbocycles. The van der Waals surface area contributed by atoms with Crippen molar-refractivity contribution in [3.05, 3.63) is 35.4 Å². The van der Waals surface area contributed by atoms with E-state index >= 15 is 0 Å². The molecule has 0 aromatic heterocycles. The van der Waals surface area contributed by atoms with Crippen LogP contribution in [0.25, 0.3) is 0 Å². The van der Waals surface area contributed by atoms with Gasteiger partial charge in [0.2, 0.25) is 0 Å². The molecule has 0 heterocycles. The average molecular weight is 291 g/mol. The first kappa shape index (κ1) is 16.0. The van der Waals surface area contributed by atoms with Crippen molar-refractivity contribution in [2.24, 2.45) is 0 Å². The van der Waals surface area contributed by atoms with E-state index in [-0.39, 0.29) is 0 Å². The molecule has 4 nitrogen and oxygen atoms in total. The minimum atomic E-state index is -0.901. The number of benzene rings is 1. The molecule has 0 aliphatic heterocycles. The Morgan fingerprint density at radius 1 is 1.24 bits per heavy atom. The van der Waals surface area contributed by atoms with E-state index in [0.717, 1.165) is 31.2 Å². The van der Waals surface area contributed by atoms with Gasteiger partial charge in [-0.2, -0.15) is 0 Å². The molecule has 1 aliphatic rings. The standard InChI is InChI=1S/C17H25NO3/c1-18(13-17(21)9-4-2-3-5-10-17)12-14-7-6-8-15(11-14)16(19)20/h6-8,11,21H,2-5,9-10,12-13H2,1H3,(H,19,20). The molecule has 4 heteroatoms. The number of rotatable bonds is 5. The predicted octanol–water partition coefficient (Wildman–Crippen LogP) is 2.90. The molecule has 0 amide bonds. The molecule has 1 aliphatic carbocycles. The fraction of sp³-hybridized carbons (Fsp3) is 0.588. The Bertz CT molecular complexity index is 479. The molecule has 0 unspecified atom stereocenters. The third-order valence-corrected chi connectivity index (χ3v) is 4.22. The number of carboxylic acids is 1. The zero-order valence-corrected chi connectivity index (χ0v) is 12.7. The number of carboxylic acid groups (broad SMARTS) is 1. The molecule has 2 rings (SSSR count). The number of aromatic carboxylic acids is 1. The third kappa shape index (κ3) is 4.83. The van der Waals surface area contributed by atoms with Crippen molar-refractivity contribution in [3.8, 4) is 0 Å². The van der Waals surface area contributed by atoms with Crippen LogP contribution in [0.15, 0.2) is 24.3 Å². The van der Waals surface area contributed by atoms with Gasteiger partial charge in [-0.15, -0.1) is 0 Å². The van der Waals surface area contributed by atoms with Gasteiger partial charge < -0.3 is 10.2 Å². The molecule has 0 bridgehead atoms. The van der Waals surface area contributed by atoms with Gasteiger partial charge in [-0.05, 0) is 37.6 Å². The number of nitrogens with zero attached hydrogens (tertiary/aromatic N) is 1. The Morgan fingerprint density at radius 3 is 2.52 bits per heavy atom. The van der Waals surface area contributed by atoms with E-state index in [0.29, 0.717) is 18.7 Å². The highest BCUT2D eigenvalue weighted by Gasteiger charge is 2.29. The normalized spacial score (nSPS) is 18.4. The molecule has 2 N–H and O–H groups in total. The summed E-state index contributed by atoms with van der Waals surface area (Å²) in [6.45, 7) is 1.30. The maximum Gasteiger partial charge on any atom is 0.335 e. The molecular formula is C17H25NO3. The van der Waals surface area contributed by atoms with Gasteiger partial charge in [0.25, 0.3) is 0 Å². The molecule has 116 valence electrons. The fourth-order valence-electron chi connectivity index (χ4n) is 3.22. The second kappa shape index (κ2) is 7.05. The van der Waals surface area contributed by atoms with Crippen molar-refractivity contribution in [3.63, 3.8) is 0 Å². The largest absolute Gasteiger partial charge is 0.478 e. The van der Waals surface area contributed by atoms with Gasteiger partial charge in [-0.1, -0.05) is 37.8 Å². The molecule has 1 aromatic carbocycles. The second-order valence-electron chi connectivity index (χ2n) is 6.32. The fourth-order valence-corrected chi connectivity index (χ4v) is 3.22. The lowest BCUT2D eigenvalue weighted by atomic mass is 9.94. The Labute approximate surface area is 126 Å². The van der Waals surface area contributed by atoms with Crippen LogP contribution in [0.4, 0.5) is 0 Å². The van der Waals surface area contributed by atoms with Gasteiger partial charge in [0.05, 0.1) is 11.2 Å². The summed E-state index contributed by atoms with van der Waals surface area (Å²) in [6, 6.07) is 7.01. The quantitative estimate of drug-likeness (QED) is 0.819. The van der Waals surface area contributed by atoms with Crippen LogP contribution in [0.5, 0.6) is 0 Å². The Kier molecular flexibility index (Phi) is 5.37. The molecule has 0 spiro atoms. The van der Waals surface area contributed by atoms with E-state index in [2.05, 4.69) is 4.90 Å².